The van der Waals surface area contributed by atoms with Gasteiger partial charge < -0.3 is 35.4 Å². The number of rotatable bonds is 13. The molecule has 0 aromatic carbocycles. The molecule has 16 heteroatoms. The molecule has 2 aliphatic heterocycles. The number of nitrogens with zero attached hydrogens (tertiary/aromatic N) is 6. The van der Waals surface area contributed by atoms with E-state index in [9.17, 15) is 9.59 Å². The van der Waals surface area contributed by atoms with Crippen molar-refractivity contribution in [2.75, 3.05) is 69.4 Å². The van der Waals surface area contributed by atoms with Gasteiger partial charge in [0.25, 0.3) is 0 Å². The summed E-state index contributed by atoms with van der Waals surface area (Å²) in [5.74, 6) is 1.69. The standard InChI is InChI=1S/C18H25N5O2.C9H10N4O.C9H17NO2.CH3I/c1-25-15-10-14(12-19-13-15)16-11-17(22-21-16)20-18(24)6-5-9-23-7-3-2-4-8-23;1-14-7-2-6(4-11-5-7)8-3-9(10)13-12-8;11-9(12)5-4-8-10-6-2-1-3-7-10;1-2/h10-13H,2-9H2,1H3,(H2,20,21,22,24);2-5H,1H3,(H3,10,12,13);1-8H2,(H,11,12);1H3/i;;;1D. The molecular formula is C37H55IN10O5. The zero-order valence-corrected chi connectivity index (χ0v) is 33.0. The molecule has 2 saturated heterocycles. The number of ether oxygens (including phenoxy) is 2. The van der Waals surface area contributed by atoms with Crippen molar-refractivity contribution in [1.29, 1.82) is 0 Å². The first-order valence-corrected chi connectivity index (χ1v) is 19.4. The Hall–Kier alpha value is -4.29. The van der Waals surface area contributed by atoms with E-state index in [4.69, 9.17) is 21.7 Å². The fraction of sp³-hybridized carbons (Fsp3) is 0.514. The van der Waals surface area contributed by atoms with Gasteiger partial charge in [0.1, 0.15) is 17.3 Å². The summed E-state index contributed by atoms with van der Waals surface area (Å²) in [4.78, 5) is 35.7. The minimum atomic E-state index is -0.674. The van der Waals surface area contributed by atoms with Crippen LogP contribution in [-0.2, 0) is 9.59 Å². The minimum Gasteiger partial charge on any atom is -0.495 e. The highest BCUT2D eigenvalue weighted by Crippen LogP contribution is 2.23. The van der Waals surface area contributed by atoms with Gasteiger partial charge in [-0.15, -0.1) is 0 Å². The number of piperidine rings is 2. The van der Waals surface area contributed by atoms with Crippen molar-refractivity contribution in [2.45, 2.75) is 64.2 Å². The van der Waals surface area contributed by atoms with E-state index in [1.807, 2.05) is 34.7 Å². The van der Waals surface area contributed by atoms with Crippen LogP contribution in [0.4, 0.5) is 11.6 Å². The van der Waals surface area contributed by atoms with E-state index in [0.29, 0.717) is 40.9 Å². The van der Waals surface area contributed by atoms with Crippen molar-refractivity contribution in [3.05, 3.63) is 49.1 Å². The van der Waals surface area contributed by atoms with Gasteiger partial charge in [-0.25, -0.2) is 0 Å². The van der Waals surface area contributed by atoms with Crippen molar-refractivity contribution in [2.24, 2.45) is 0 Å². The number of aliphatic carboxylic acids is 1. The summed E-state index contributed by atoms with van der Waals surface area (Å²) in [6.45, 7) is 6.62. The Morgan fingerprint density at radius 2 is 1.30 bits per heavy atom. The third-order valence-corrected chi connectivity index (χ3v) is 8.60. The first-order valence-electron chi connectivity index (χ1n) is 18.6. The number of carbonyl (C=O) groups is 2. The quantitative estimate of drug-likeness (QED) is 0.0762. The monoisotopic (exact) mass is 847 g/mol. The van der Waals surface area contributed by atoms with E-state index in [1.165, 1.54) is 64.7 Å². The topological polar surface area (TPSA) is 200 Å². The smallest absolute Gasteiger partial charge is 0.303 e. The lowest BCUT2D eigenvalue weighted by Gasteiger charge is -2.26. The SMILES string of the molecule is COc1cncc(-c2cc(N)n[nH]2)c1.COc1cncc(-c2cc(NC(=O)CCCN3CCCCC3)n[nH]2)c1.O=C(O)CCCN1CCCCC1.[2H]CI. The summed E-state index contributed by atoms with van der Waals surface area (Å²) < 4.78 is 16.4. The lowest BCUT2D eigenvalue weighted by Crippen LogP contribution is -2.31. The number of nitrogens with one attached hydrogen (secondary N) is 3. The number of carboxylic acids is 1. The van der Waals surface area contributed by atoms with Crippen molar-refractivity contribution in [3.63, 3.8) is 0 Å². The lowest BCUT2D eigenvalue weighted by molar-refractivity contribution is -0.137. The maximum atomic E-state index is 12.1. The largest absolute Gasteiger partial charge is 0.495 e. The number of carboxylic acid groups (broad SMARTS) is 1. The Morgan fingerprint density at radius 3 is 1.77 bits per heavy atom. The predicted molar refractivity (Wildman–Crippen MR) is 216 cm³/mol. The lowest BCUT2D eigenvalue weighted by atomic mass is 10.1. The van der Waals surface area contributed by atoms with Crippen LogP contribution in [0.3, 0.4) is 0 Å². The van der Waals surface area contributed by atoms with Gasteiger partial charge in [-0.05, 0) is 94.8 Å². The first kappa shape index (κ1) is 41.5. The van der Waals surface area contributed by atoms with E-state index in [0.717, 1.165) is 48.4 Å². The van der Waals surface area contributed by atoms with Crippen LogP contribution >= 0.6 is 22.6 Å². The average molecular weight is 848 g/mol. The number of anilines is 2. The Morgan fingerprint density at radius 1 is 0.811 bits per heavy atom. The van der Waals surface area contributed by atoms with Crippen LogP contribution in [0.2, 0.25) is 0 Å². The molecular weight excluding hydrogens is 791 g/mol. The number of methoxy groups -OCH3 is 2. The van der Waals surface area contributed by atoms with E-state index >= 15 is 0 Å². The molecule has 1 amide bonds. The molecule has 0 bridgehead atoms. The van der Waals surface area contributed by atoms with E-state index in [-0.39, 0.29) is 5.91 Å². The average Bonchev–Trinajstić information content (AvgIpc) is 3.85. The second kappa shape index (κ2) is 24.9. The van der Waals surface area contributed by atoms with E-state index in [2.05, 4.69) is 45.5 Å². The number of nitrogens with two attached hydrogens (primary N) is 1. The fourth-order valence-corrected chi connectivity index (χ4v) is 5.86. The highest BCUT2D eigenvalue weighted by molar-refractivity contribution is 14.1. The number of aromatic amines is 2. The molecule has 0 radical (unpaired) electrons. The van der Waals surface area contributed by atoms with Gasteiger partial charge in [0.05, 0.1) is 38.0 Å². The summed E-state index contributed by atoms with van der Waals surface area (Å²) in [6, 6.07) is 7.28. The molecule has 0 unspecified atom stereocenters. The van der Waals surface area contributed by atoms with Gasteiger partial charge in [-0.2, -0.15) is 10.2 Å². The number of H-pyrrole nitrogens is 2. The number of amides is 1. The molecule has 0 atom stereocenters. The zero-order chi connectivity index (χ0) is 39.0. The van der Waals surface area contributed by atoms with Crippen LogP contribution < -0.4 is 20.5 Å². The van der Waals surface area contributed by atoms with Crippen LogP contribution in [0, 0.1) is 0 Å². The Bertz CT molecular complexity index is 1650. The maximum Gasteiger partial charge on any atom is 0.303 e. The predicted octanol–water partition coefficient (Wildman–Crippen LogP) is 6.14. The van der Waals surface area contributed by atoms with Crippen LogP contribution in [0.5, 0.6) is 11.5 Å². The van der Waals surface area contributed by atoms with Crippen LogP contribution in [0.1, 0.15) is 65.6 Å². The third-order valence-electron chi connectivity index (χ3n) is 8.60. The zero-order valence-electron chi connectivity index (χ0n) is 31.9. The third kappa shape index (κ3) is 16.5. The van der Waals surface area contributed by atoms with E-state index < -0.39 is 5.97 Å². The second-order valence-electron chi connectivity index (χ2n) is 12.6. The molecule has 2 fully saturated rings. The number of hydrogen-bond acceptors (Lipinski definition) is 11. The molecule has 0 aliphatic carbocycles. The number of hydrogen-bond donors (Lipinski definition) is 5. The van der Waals surface area contributed by atoms with Crippen molar-refractivity contribution in [3.8, 4) is 34.0 Å². The van der Waals surface area contributed by atoms with Crippen LogP contribution in [0.15, 0.2) is 49.1 Å². The van der Waals surface area contributed by atoms with Gasteiger partial charge in [0.2, 0.25) is 5.91 Å². The van der Waals surface area contributed by atoms with Gasteiger partial charge in [-0.1, -0.05) is 35.4 Å². The Balaban J connectivity index is 0.000000228. The highest BCUT2D eigenvalue weighted by Gasteiger charge is 2.13. The van der Waals surface area contributed by atoms with Gasteiger partial charge in [0, 0.05) is 49.9 Å². The van der Waals surface area contributed by atoms with Crippen LogP contribution in [0.25, 0.3) is 22.5 Å². The van der Waals surface area contributed by atoms with Crippen LogP contribution in [-0.4, -0.2) is 116 Å². The molecule has 0 spiro atoms. The molecule has 2 aliphatic rings. The second-order valence-corrected chi connectivity index (χ2v) is 12.6. The molecule has 4 aromatic heterocycles. The summed E-state index contributed by atoms with van der Waals surface area (Å²) in [6.07, 6.45) is 17.0. The number of aromatic nitrogens is 6. The molecule has 290 valence electrons. The fourth-order valence-electron chi connectivity index (χ4n) is 5.86. The summed E-state index contributed by atoms with van der Waals surface area (Å²) in [7, 11) is 3.20. The normalized spacial score (nSPS) is 14.5. The maximum absolute atomic E-state index is 12.1. The summed E-state index contributed by atoms with van der Waals surface area (Å²) >= 11 is 1.96. The highest BCUT2D eigenvalue weighted by atomic mass is 127. The Kier molecular flexibility index (Phi) is 19.4. The number of halogens is 1. The molecule has 6 rings (SSSR count). The Labute approximate surface area is 327 Å². The van der Waals surface area contributed by atoms with Crippen molar-refractivity contribution >= 4 is 46.1 Å². The summed E-state index contributed by atoms with van der Waals surface area (Å²) in [5.41, 5.74) is 8.86. The van der Waals surface area contributed by atoms with Gasteiger partial charge in [0.15, 0.2) is 5.82 Å². The molecule has 6 heterocycles. The van der Waals surface area contributed by atoms with Gasteiger partial charge in [-0.3, -0.25) is 29.8 Å². The minimum absolute atomic E-state index is 0.00109. The number of alkyl halides is 1. The number of nitrogen functional groups attached to an aromatic ring is 1. The first-order chi connectivity index (χ1) is 26.2. The molecule has 0 saturated carbocycles. The molecule has 15 nitrogen and oxygen atoms in total. The number of pyridine rings is 2. The molecule has 53 heavy (non-hydrogen) atoms. The number of carbonyl (C=O) groups excluding carboxylic acids is 1. The molecule has 6 N–H and O–H groups in total. The van der Waals surface area contributed by atoms with E-state index in [1.54, 1.807) is 51.1 Å². The van der Waals surface area contributed by atoms with Gasteiger partial charge >= 0.3 is 5.97 Å². The van der Waals surface area contributed by atoms with Crippen molar-refractivity contribution < 1.29 is 25.5 Å². The summed E-state index contributed by atoms with van der Waals surface area (Å²) in [5, 5.41) is 25.0. The van der Waals surface area contributed by atoms with Crippen molar-refractivity contribution in [1.82, 2.24) is 40.2 Å². The number of likely N-dealkylation sites (tertiary alicyclic amines) is 2. The molecule has 4 aromatic rings.